The van der Waals surface area contributed by atoms with Crippen molar-refractivity contribution in [1.82, 2.24) is 10.3 Å². The van der Waals surface area contributed by atoms with Crippen molar-refractivity contribution in [1.29, 1.82) is 0 Å². The van der Waals surface area contributed by atoms with E-state index >= 15 is 0 Å². The SMILES string of the molecule is CCc1nc(CCN=C(N)NC2CCCCC2)sc1C.I. The third-order valence-corrected chi connectivity index (χ3v) is 4.91. The van der Waals surface area contributed by atoms with Crippen LogP contribution in [0, 0.1) is 6.92 Å². The monoisotopic (exact) mass is 422 g/mol. The van der Waals surface area contributed by atoms with Crippen molar-refractivity contribution in [3.63, 3.8) is 0 Å². The molecule has 1 fully saturated rings. The summed E-state index contributed by atoms with van der Waals surface area (Å²) in [7, 11) is 0. The molecule has 0 unspecified atom stereocenters. The molecule has 0 saturated heterocycles. The van der Waals surface area contributed by atoms with Gasteiger partial charge >= 0.3 is 0 Å². The molecule has 6 heteroatoms. The lowest BCUT2D eigenvalue weighted by Gasteiger charge is -2.23. The summed E-state index contributed by atoms with van der Waals surface area (Å²) in [5, 5.41) is 4.52. The molecule has 1 aromatic heterocycles. The number of rotatable bonds is 5. The molecule has 2 rings (SSSR count). The molecular formula is C15H27IN4S. The molecule has 0 radical (unpaired) electrons. The van der Waals surface area contributed by atoms with Gasteiger partial charge in [0.1, 0.15) is 0 Å². The molecule has 1 aliphatic carbocycles. The number of guanidine groups is 1. The van der Waals surface area contributed by atoms with Crippen molar-refractivity contribution >= 4 is 41.3 Å². The number of halogens is 1. The van der Waals surface area contributed by atoms with Crippen LogP contribution in [0.1, 0.15) is 54.6 Å². The van der Waals surface area contributed by atoms with Crippen molar-refractivity contribution in [2.45, 2.75) is 64.8 Å². The van der Waals surface area contributed by atoms with Crippen molar-refractivity contribution in [2.24, 2.45) is 10.7 Å². The summed E-state index contributed by atoms with van der Waals surface area (Å²) >= 11 is 1.78. The van der Waals surface area contributed by atoms with Crippen LogP contribution in [0.4, 0.5) is 0 Å². The number of aromatic nitrogens is 1. The first-order valence-corrected chi connectivity index (χ1v) is 8.52. The zero-order valence-electron chi connectivity index (χ0n) is 13.0. The maximum absolute atomic E-state index is 5.95. The van der Waals surface area contributed by atoms with Gasteiger partial charge in [-0.2, -0.15) is 0 Å². The molecule has 1 aromatic rings. The fourth-order valence-electron chi connectivity index (χ4n) is 2.70. The van der Waals surface area contributed by atoms with Gasteiger partial charge < -0.3 is 11.1 Å². The van der Waals surface area contributed by atoms with E-state index in [-0.39, 0.29) is 24.0 Å². The number of hydrogen-bond donors (Lipinski definition) is 2. The molecule has 0 atom stereocenters. The Morgan fingerprint density at radius 2 is 2.10 bits per heavy atom. The van der Waals surface area contributed by atoms with E-state index in [1.54, 1.807) is 11.3 Å². The van der Waals surface area contributed by atoms with E-state index < -0.39 is 0 Å². The minimum atomic E-state index is 0. The van der Waals surface area contributed by atoms with Gasteiger partial charge in [0.2, 0.25) is 0 Å². The van der Waals surface area contributed by atoms with E-state index in [0.29, 0.717) is 12.0 Å². The molecule has 4 nitrogen and oxygen atoms in total. The summed E-state index contributed by atoms with van der Waals surface area (Å²) in [4.78, 5) is 10.4. The predicted octanol–water partition coefficient (Wildman–Crippen LogP) is 3.41. The highest BCUT2D eigenvalue weighted by atomic mass is 127. The number of hydrogen-bond acceptors (Lipinski definition) is 3. The van der Waals surface area contributed by atoms with Crippen molar-refractivity contribution in [3.8, 4) is 0 Å². The molecule has 21 heavy (non-hydrogen) atoms. The Morgan fingerprint density at radius 1 is 1.38 bits per heavy atom. The van der Waals surface area contributed by atoms with Crippen LogP contribution in [0.3, 0.4) is 0 Å². The highest BCUT2D eigenvalue weighted by molar-refractivity contribution is 14.0. The van der Waals surface area contributed by atoms with Crippen LogP contribution < -0.4 is 11.1 Å². The molecule has 1 aliphatic rings. The van der Waals surface area contributed by atoms with Crippen molar-refractivity contribution in [3.05, 3.63) is 15.6 Å². The van der Waals surface area contributed by atoms with Crippen LogP contribution in [0.25, 0.3) is 0 Å². The second-order valence-electron chi connectivity index (χ2n) is 5.46. The Hall–Kier alpha value is -0.370. The molecule has 1 saturated carbocycles. The number of nitrogens with one attached hydrogen (secondary N) is 1. The van der Waals surface area contributed by atoms with E-state index in [2.05, 4.69) is 29.1 Å². The zero-order valence-corrected chi connectivity index (χ0v) is 16.2. The van der Waals surface area contributed by atoms with E-state index in [4.69, 9.17) is 5.73 Å². The van der Waals surface area contributed by atoms with E-state index in [1.165, 1.54) is 47.7 Å². The predicted molar refractivity (Wildman–Crippen MR) is 102 cm³/mol. The molecule has 0 aromatic carbocycles. The average molecular weight is 422 g/mol. The highest BCUT2D eigenvalue weighted by Gasteiger charge is 2.13. The minimum Gasteiger partial charge on any atom is -0.370 e. The van der Waals surface area contributed by atoms with Crippen molar-refractivity contribution in [2.75, 3.05) is 6.54 Å². The van der Waals surface area contributed by atoms with Gasteiger partial charge in [0.25, 0.3) is 0 Å². The van der Waals surface area contributed by atoms with Crippen LogP contribution in [0.2, 0.25) is 0 Å². The van der Waals surface area contributed by atoms with Gasteiger partial charge in [-0.25, -0.2) is 4.98 Å². The molecule has 1 heterocycles. The third kappa shape index (κ3) is 6.10. The quantitative estimate of drug-likeness (QED) is 0.434. The second kappa shape index (κ2) is 9.61. The van der Waals surface area contributed by atoms with Gasteiger partial charge in [-0.05, 0) is 26.2 Å². The van der Waals surface area contributed by atoms with E-state index in [9.17, 15) is 0 Å². The van der Waals surface area contributed by atoms with Crippen LogP contribution in [0.5, 0.6) is 0 Å². The van der Waals surface area contributed by atoms with Gasteiger partial charge in [-0.3, -0.25) is 4.99 Å². The van der Waals surface area contributed by atoms with Crippen LogP contribution in [-0.4, -0.2) is 23.5 Å². The highest BCUT2D eigenvalue weighted by Crippen LogP contribution is 2.18. The fraction of sp³-hybridized carbons (Fsp3) is 0.733. The maximum atomic E-state index is 5.95. The van der Waals surface area contributed by atoms with E-state index in [0.717, 1.165) is 19.4 Å². The topological polar surface area (TPSA) is 63.3 Å². The molecule has 0 spiro atoms. The van der Waals surface area contributed by atoms with Gasteiger partial charge in [-0.15, -0.1) is 35.3 Å². The largest absolute Gasteiger partial charge is 0.370 e. The van der Waals surface area contributed by atoms with Crippen LogP contribution in [0.15, 0.2) is 4.99 Å². The molecule has 3 N–H and O–H groups in total. The Kier molecular flexibility index (Phi) is 8.55. The van der Waals surface area contributed by atoms with Crippen molar-refractivity contribution < 1.29 is 0 Å². The molecule has 0 amide bonds. The lowest BCUT2D eigenvalue weighted by Crippen LogP contribution is -2.41. The summed E-state index contributed by atoms with van der Waals surface area (Å²) < 4.78 is 0. The average Bonchev–Trinajstić information content (AvgIpc) is 2.80. The molecule has 120 valence electrons. The van der Waals surface area contributed by atoms with E-state index in [1.807, 2.05) is 0 Å². The van der Waals surface area contributed by atoms with Gasteiger partial charge in [-0.1, -0.05) is 26.2 Å². The Balaban J connectivity index is 0.00000220. The molecule has 0 bridgehead atoms. The number of nitrogens with two attached hydrogens (primary N) is 1. The Morgan fingerprint density at radius 3 is 2.71 bits per heavy atom. The molecular weight excluding hydrogens is 395 g/mol. The number of thiazole rings is 1. The third-order valence-electron chi connectivity index (χ3n) is 3.84. The van der Waals surface area contributed by atoms with Gasteiger partial charge in [0.15, 0.2) is 5.96 Å². The van der Waals surface area contributed by atoms with Crippen LogP contribution in [-0.2, 0) is 12.8 Å². The minimum absolute atomic E-state index is 0. The number of aryl methyl sites for hydroxylation is 2. The normalized spacial score (nSPS) is 16.6. The first-order chi connectivity index (χ1) is 9.69. The lowest BCUT2D eigenvalue weighted by atomic mass is 9.96. The van der Waals surface area contributed by atoms with Gasteiger partial charge in [0, 0.05) is 23.9 Å². The summed E-state index contributed by atoms with van der Waals surface area (Å²) in [5.74, 6) is 0.598. The zero-order chi connectivity index (χ0) is 14.4. The first-order valence-electron chi connectivity index (χ1n) is 7.70. The standard InChI is InChI=1S/C15H26N4S.HI/c1-3-13-11(2)20-14(19-13)9-10-17-15(16)18-12-7-5-4-6-8-12;/h12H,3-10H2,1-2H3,(H3,16,17,18);1H. The Labute approximate surface area is 149 Å². The Bertz CT molecular complexity index is 453. The summed E-state index contributed by atoms with van der Waals surface area (Å²) in [6.07, 6.45) is 8.32. The fourth-order valence-corrected chi connectivity index (χ4v) is 3.71. The number of aliphatic imine (C=N–C) groups is 1. The van der Waals surface area contributed by atoms with Gasteiger partial charge in [0.05, 0.1) is 10.7 Å². The smallest absolute Gasteiger partial charge is 0.188 e. The van der Waals surface area contributed by atoms with Crippen LogP contribution >= 0.6 is 35.3 Å². The maximum Gasteiger partial charge on any atom is 0.188 e. The summed E-state index contributed by atoms with van der Waals surface area (Å²) in [6.45, 7) is 5.01. The lowest BCUT2D eigenvalue weighted by molar-refractivity contribution is 0.412. The number of nitrogens with zero attached hydrogens (tertiary/aromatic N) is 2. The summed E-state index contributed by atoms with van der Waals surface area (Å²) in [6, 6.07) is 0.529. The first kappa shape index (κ1) is 18.7. The molecule has 0 aliphatic heterocycles. The summed E-state index contributed by atoms with van der Waals surface area (Å²) in [5.41, 5.74) is 7.18. The second-order valence-corrected chi connectivity index (χ2v) is 6.75.